The van der Waals surface area contributed by atoms with Gasteiger partial charge in [0.25, 0.3) is 0 Å². The molecule has 0 radical (unpaired) electrons. The molecule has 0 bridgehead atoms. The lowest BCUT2D eigenvalue weighted by molar-refractivity contribution is 0.192. The van der Waals surface area contributed by atoms with Crippen molar-refractivity contribution in [2.45, 2.75) is 13.0 Å². The topological polar surface area (TPSA) is 70.1 Å². The SMILES string of the molecule is CC(O)CNCCNc1ncc(Cl)cn1. The molecule has 0 aliphatic heterocycles. The smallest absolute Gasteiger partial charge is 0.222 e. The van der Waals surface area contributed by atoms with Gasteiger partial charge in [0, 0.05) is 19.6 Å². The molecule has 84 valence electrons. The minimum atomic E-state index is -0.322. The first-order valence-corrected chi connectivity index (χ1v) is 5.16. The van der Waals surface area contributed by atoms with Crippen LogP contribution in [0.2, 0.25) is 5.02 Å². The Bertz CT molecular complexity index is 278. The minimum absolute atomic E-state index is 0.322. The second-order valence-electron chi connectivity index (χ2n) is 3.20. The van der Waals surface area contributed by atoms with Crippen LogP contribution in [0.15, 0.2) is 12.4 Å². The van der Waals surface area contributed by atoms with Crippen molar-refractivity contribution >= 4 is 17.5 Å². The Balaban J connectivity index is 2.12. The van der Waals surface area contributed by atoms with Crippen molar-refractivity contribution in [1.82, 2.24) is 15.3 Å². The lowest BCUT2D eigenvalue weighted by Crippen LogP contribution is -2.29. The third-order valence-corrected chi connectivity index (χ3v) is 1.84. The Morgan fingerprint density at radius 2 is 2.07 bits per heavy atom. The van der Waals surface area contributed by atoms with Crippen LogP contribution in [0.25, 0.3) is 0 Å². The molecule has 15 heavy (non-hydrogen) atoms. The molecule has 1 heterocycles. The van der Waals surface area contributed by atoms with Crippen LogP contribution in [0.1, 0.15) is 6.92 Å². The highest BCUT2D eigenvalue weighted by Gasteiger charge is 1.96. The average Bonchev–Trinajstić information content (AvgIpc) is 2.20. The lowest BCUT2D eigenvalue weighted by atomic mass is 10.4. The Morgan fingerprint density at radius 1 is 1.40 bits per heavy atom. The van der Waals surface area contributed by atoms with Crippen LogP contribution >= 0.6 is 11.6 Å². The summed E-state index contributed by atoms with van der Waals surface area (Å²) in [5.41, 5.74) is 0. The van der Waals surface area contributed by atoms with Gasteiger partial charge in [0.2, 0.25) is 5.95 Å². The molecule has 1 atom stereocenters. The summed E-state index contributed by atoms with van der Waals surface area (Å²) in [5.74, 6) is 0.554. The molecule has 0 amide bonds. The highest BCUT2D eigenvalue weighted by atomic mass is 35.5. The summed E-state index contributed by atoms with van der Waals surface area (Å²) in [6.07, 6.45) is 2.76. The lowest BCUT2D eigenvalue weighted by Gasteiger charge is -2.07. The van der Waals surface area contributed by atoms with Crippen LogP contribution in [0.3, 0.4) is 0 Å². The first-order chi connectivity index (χ1) is 7.18. The van der Waals surface area contributed by atoms with E-state index in [-0.39, 0.29) is 6.10 Å². The summed E-state index contributed by atoms with van der Waals surface area (Å²) in [7, 11) is 0. The molecule has 1 aromatic rings. The van der Waals surface area contributed by atoms with Gasteiger partial charge in [0.15, 0.2) is 0 Å². The maximum atomic E-state index is 8.98. The fraction of sp³-hybridized carbons (Fsp3) is 0.556. The van der Waals surface area contributed by atoms with Gasteiger partial charge in [-0.3, -0.25) is 0 Å². The van der Waals surface area contributed by atoms with Gasteiger partial charge in [0.05, 0.1) is 23.5 Å². The van der Waals surface area contributed by atoms with E-state index in [0.717, 1.165) is 6.54 Å². The zero-order chi connectivity index (χ0) is 11.1. The first-order valence-electron chi connectivity index (χ1n) is 4.78. The highest BCUT2D eigenvalue weighted by molar-refractivity contribution is 6.30. The number of hydrogen-bond donors (Lipinski definition) is 3. The first kappa shape index (κ1) is 12.2. The molecule has 3 N–H and O–H groups in total. The maximum Gasteiger partial charge on any atom is 0.222 e. The van der Waals surface area contributed by atoms with Gasteiger partial charge in [-0.1, -0.05) is 11.6 Å². The number of anilines is 1. The molecule has 0 aromatic carbocycles. The molecule has 0 aliphatic carbocycles. The molecule has 0 spiro atoms. The third-order valence-electron chi connectivity index (χ3n) is 1.64. The van der Waals surface area contributed by atoms with Crippen LogP contribution in [-0.2, 0) is 0 Å². The number of nitrogens with one attached hydrogen (secondary N) is 2. The molecular weight excluding hydrogens is 216 g/mol. The van der Waals surface area contributed by atoms with Gasteiger partial charge in [0.1, 0.15) is 0 Å². The number of hydrogen-bond acceptors (Lipinski definition) is 5. The van der Waals surface area contributed by atoms with Crippen LogP contribution in [0, 0.1) is 0 Å². The summed E-state index contributed by atoms with van der Waals surface area (Å²) in [4.78, 5) is 7.96. The number of aromatic nitrogens is 2. The standard InChI is InChI=1S/C9H15ClN4O/c1-7(15)4-11-2-3-12-9-13-5-8(10)6-14-9/h5-7,11,15H,2-4H2,1H3,(H,12,13,14). The van der Waals surface area contributed by atoms with Crippen molar-refractivity contribution in [2.24, 2.45) is 0 Å². The number of nitrogens with zero attached hydrogens (tertiary/aromatic N) is 2. The van der Waals surface area contributed by atoms with Crippen molar-refractivity contribution in [1.29, 1.82) is 0 Å². The summed E-state index contributed by atoms with van der Waals surface area (Å²) >= 11 is 5.64. The molecule has 0 fully saturated rings. The third kappa shape index (κ3) is 5.51. The van der Waals surface area contributed by atoms with Crippen molar-refractivity contribution < 1.29 is 5.11 Å². The predicted molar refractivity (Wildman–Crippen MR) is 60.1 cm³/mol. The molecule has 0 aliphatic rings. The molecule has 0 saturated carbocycles. The van der Waals surface area contributed by atoms with E-state index in [4.69, 9.17) is 16.7 Å². The van der Waals surface area contributed by atoms with Crippen molar-refractivity contribution in [3.05, 3.63) is 17.4 Å². The van der Waals surface area contributed by atoms with Gasteiger partial charge in [-0.15, -0.1) is 0 Å². The number of aliphatic hydroxyl groups excluding tert-OH is 1. The Labute approximate surface area is 93.9 Å². The van der Waals surface area contributed by atoms with E-state index in [0.29, 0.717) is 24.1 Å². The van der Waals surface area contributed by atoms with E-state index in [2.05, 4.69) is 20.6 Å². The predicted octanol–water partition coefficient (Wildman–Crippen LogP) is 0.512. The molecule has 1 rings (SSSR count). The average molecular weight is 231 g/mol. The van der Waals surface area contributed by atoms with Crippen LogP contribution in [0.5, 0.6) is 0 Å². The largest absolute Gasteiger partial charge is 0.392 e. The number of rotatable bonds is 6. The quantitative estimate of drug-likeness (QED) is 0.622. The normalized spacial score (nSPS) is 12.5. The van der Waals surface area contributed by atoms with Crippen molar-refractivity contribution in [3.8, 4) is 0 Å². The minimum Gasteiger partial charge on any atom is -0.392 e. The summed E-state index contributed by atoms with van der Waals surface area (Å²) in [6.45, 7) is 3.77. The van der Waals surface area contributed by atoms with E-state index in [9.17, 15) is 0 Å². The van der Waals surface area contributed by atoms with Gasteiger partial charge < -0.3 is 15.7 Å². The summed E-state index contributed by atoms with van der Waals surface area (Å²) in [5, 5.41) is 15.6. The van der Waals surface area contributed by atoms with Gasteiger partial charge in [-0.05, 0) is 6.92 Å². The van der Waals surface area contributed by atoms with E-state index in [1.807, 2.05) is 0 Å². The second-order valence-corrected chi connectivity index (χ2v) is 3.64. The Morgan fingerprint density at radius 3 is 2.67 bits per heavy atom. The second kappa shape index (κ2) is 6.55. The molecule has 5 nitrogen and oxygen atoms in total. The van der Waals surface area contributed by atoms with Crippen molar-refractivity contribution in [3.63, 3.8) is 0 Å². The molecule has 1 unspecified atom stereocenters. The van der Waals surface area contributed by atoms with E-state index in [1.54, 1.807) is 19.3 Å². The Kier molecular flexibility index (Phi) is 5.31. The highest BCUT2D eigenvalue weighted by Crippen LogP contribution is 2.04. The van der Waals surface area contributed by atoms with Gasteiger partial charge >= 0.3 is 0 Å². The number of aliphatic hydroxyl groups is 1. The summed E-state index contributed by atoms with van der Waals surface area (Å²) in [6, 6.07) is 0. The van der Waals surface area contributed by atoms with Gasteiger partial charge in [-0.2, -0.15) is 0 Å². The van der Waals surface area contributed by atoms with Gasteiger partial charge in [-0.25, -0.2) is 9.97 Å². The van der Waals surface area contributed by atoms with Crippen LogP contribution < -0.4 is 10.6 Å². The van der Waals surface area contributed by atoms with E-state index < -0.39 is 0 Å². The maximum absolute atomic E-state index is 8.98. The fourth-order valence-electron chi connectivity index (χ4n) is 0.977. The molecule has 0 saturated heterocycles. The summed E-state index contributed by atoms with van der Waals surface area (Å²) < 4.78 is 0. The molecule has 1 aromatic heterocycles. The number of halogens is 1. The fourth-order valence-corrected chi connectivity index (χ4v) is 1.07. The van der Waals surface area contributed by atoms with E-state index in [1.165, 1.54) is 0 Å². The van der Waals surface area contributed by atoms with Crippen molar-refractivity contribution in [2.75, 3.05) is 25.0 Å². The van der Waals surface area contributed by atoms with E-state index >= 15 is 0 Å². The zero-order valence-electron chi connectivity index (χ0n) is 8.57. The Hall–Kier alpha value is -0.910. The molecule has 6 heteroatoms. The zero-order valence-corrected chi connectivity index (χ0v) is 9.33. The van der Waals surface area contributed by atoms with Crippen LogP contribution in [-0.4, -0.2) is 40.8 Å². The van der Waals surface area contributed by atoms with Crippen LogP contribution in [0.4, 0.5) is 5.95 Å². The molecular formula is C9H15ClN4O. The monoisotopic (exact) mass is 230 g/mol.